The maximum absolute atomic E-state index is 10.7. The van der Waals surface area contributed by atoms with Crippen LogP contribution in [0.5, 0.6) is 0 Å². The lowest BCUT2D eigenvalue weighted by atomic mass is 9.52. The van der Waals surface area contributed by atoms with Crippen LogP contribution in [-0.2, 0) is 4.79 Å². The molecule has 0 aliphatic heterocycles. The number of rotatable bonds is 4. The van der Waals surface area contributed by atoms with Crippen molar-refractivity contribution >= 4 is 5.97 Å². The Labute approximate surface area is 108 Å². The molecule has 3 N–H and O–H groups in total. The van der Waals surface area contributed by atoms with Gasteiger partial charge >= 0.3 is 5.97 Å². The van der Waals surface area contributed by atoms with Gasteiger partial charge in [-0.2, -0.15) is 0 Å². The summed E-state index contributed by atoms with van der Waals surface area (Å²) in [6.45, 7) is 0. The van der Waals surface area contributed by atoms with E-state index in [4.69, 9.17) is 10.8 Å². The van der Waals surface area contributed by atoms with Crippen LogP contribution in [0.25, 0.3) is 0 Å². The van der Waals surface area contributed by atoms with Crippen LogP contribution in [0.3, 0.4) is 0 Å². The van der Waals surface area contributed by atoms with E-state index in [-0.39, 0.29) is 0 Å². The largest absolute Gasteiger partial charge is 0.480 e. The van der Waals surface area contributed by atoms with Gasteiger partial charge in [0.15, 0.2) is 0 Å². The molecular weight excluding hydrogens is 226 g/mol. The minimum absolute atomic E-state index is 0.470. The zero-order valence-electron chi connectivity index (χ0n) is 10.8. The number of nitrogens with two attached hydrogens (primary N) is 1. The SMILES string of the molecule is NC(C/C=C/C1C2CC3CC(C2)CC1C3)C(=O)O. The summed E-state index contributed by atoms with van der Waals surface area (Å²) in [5, 5.41) is 8.76. The van der Waals surface area contributed by atoms with E-state index in [2.05, 4.69) is 6.08 Å². The number of carboxylic acid groups (broad SMARTS) is 1. The summed E-state index contributed by atoms with van der Waals surface area (Å²) < 4.78 is 0. The quantitative estimate of drug-likeness (QED) is 0.752. The number of allylic oxidation sites excluding steroid dienone is 1. The molecule has 1 atom stereocenters. The lowest BCUT2D eigenvalue weighted by Gasteiger charge is -2.53. The third-order valence-corrected chi connectivity index (χ3v) is 5.37. The highest BCUT2D eigenvalue weighted by Crippen LogP contribution is 2.56. The molecule has 4 bridgehead atoms. The van der Waals surface area contributed by atoms with Gasteiger partial charge in [-0.3, -0.25) is 4.79 Å². The van der Waals surface area contributed by atoms with E-state index in [9.17, 15) is 4.79 Å². The fourth-order valence-electron chi connectivity index (χ4n) is 4.76. The van der Waals surface area contributed by atoms with Gasteiger partial charge in [0.25, 0.3) is 0 Å². The Balaban J connectivity index is 1.60. The Bertz CT molecular complexity index is 336. The summed E-state index contributed by atoms with van der Waals surface area (Å²) in [5.41, 5.74) is 5.53. The van der Waals surface area contributed by atoms with Crippen LogP contribution >= 0.6 is 0 Å². The molecule has 0 heterocycles. The van der Waals surface area contributed by atoms with Crippen LogP contribution in [0, 0.1) is 29.6 Å². The second-order valence-corrected chi connectivity index (χ2v) is 6.62. The normalized spacial score (nSPS) is 43.5. The third-order valence-electron chi connectivity index (χ3n) is 5.37. The standard InChI is InChI=1S/C15H23NO2/c16-14(15(17)18)3-1-2-13-11-5-9-4-10(7-11)8-12(13)6-9/h1-2,9-14H,3-8,16H2,(H,17,18)/b2-1+. The molecule has 1 unspecified atom stereocenters. The van der Waals surface area contributed by atoms with Gasteiger partial charge in [-0.05, 0) is 68.1 Å². The molecule has 4 rings (SSSR count). The molecule has 4 aliphatic carbocycles. The van der Waals surface area contributed by atoms with Crippen LogP contribution in [0.4, 0.5) is 0 Å². The average Bonchev–Trinajstić information content (AvgIpc) is 2.31. The summed E-state index contributed by atoms with van der Waals surface area (Å²) in [5.74, 6) is 3.55. The number of hydrogen-bond donors (Lipinski definition) is 2. The van der Waals surface area contributed by atoms with E-state index < -0.39 is 12.0 Å². The second-order valence-electron chi connectivity index (χ2n) is 6.62. The van der Waals surface area contributed by atoms with Crippen molar-refractivity contribution in [2.75, 3.05) is 0 Å². The maximum Gasteiger partial charge on any atom is 0.320 e. The summed E-state index contributed by atoms with van der Waals surface area (Å²) in [6.07, 6.45) is 11.9. The highest BCUT2D eigenvalue weighted by atomic mass is 16.4. The van der Waals surface area contributed by atoms with Crippen LogP contribution < -0.4 is 5.73 Å². The predicted octanol–water partition coefficient (Wildman–Crippen LogP) is 2.42. The molecule has 0 spiro atoms. The molecule has 0 aromatic carbocycles. The zero-order chi connectivity index (χ0) is 12.7. The minimum atomic E-state index is -0.898. The molecule has 0 aromatic heterocycles. The zero-order valence-corrected chi connectivity index (χ0v) is 10.8. The predicted molar refractivity (Wildman–Crippen MR) is 69.9 cm³/mol. The summed E-state index contributed by atoms with van der Waals surface area (Å²) in [6, 6.07) is -0.738. The van der Waals surface area contributed by atoms with Gasteiger partial charge in [-0.1, -0.05) is 12.2 Å². The number of aliphatic carboxylic acids is 1. The van der Waals surface area contributed by atoms with E-state index >= 15 is 0 Å². The summed E-state index contributed by atoms with van der Waals surface area (Å²) in [7, 11) is 0. The summed E-state index contributed by atoms with van der Waals surface area (Å²) >= 11 is 0. The van der Waals surface area contributed by atoms with Crippen molar-refractivity contribution in [3.05, 3.63) is 12.2 Å². The molecule has 3 heteroatoms. The van der Waals surface area contributed by atoms with E-state index in [0.29, 0.717) is 12.3 Å². The van der Waals surface area contributed by atoms with Crippen molar-refractivity contribution in [1.29, 1.82) is 0 Å². The fraction of sp³-hybridized carbons (Fsp3) is 0.800. The van der Waals surface area contributed by atoms with Crippen molar-refractivity contribution in [3.63, 3.8) is 0 Å². The Kier molecular flexibility index (Phi) is 3.18. The van der Waals surface area contributed by atoms with Gasteiger partial charge in [0, 0.05) is 0 Å². The van der Waals surface area contributed by atoms with Crippen LogP contribution in [0.2, 0.25) is 0 Å². The first-order valence-corrected chi connectivity index (χ1v) is 7.28. The van der Waals surface area contributed by atoms with Crippen LogP contribution in [-0.4, -0.2) is 17.1 Å². The Morgan fingerprint density at radius 1 is 1.17 bits per heavy atom. The van der Waals surface area contributed by atoms with Crippen molar-refractivity contribution in [1.82, 2.24) is 0 Å². The first-order valence-electron chi connectivity index (χ1n) is 7.28. The number of hydrogen-bond acceptors (Lipinski definition) is 2. The molecule has 0 saturated heterocycles. The second kappa shape index (κ2) is 4.69. The molecule has 100 valence electrons. The highest BCUT2D eigenvalue weighted by molar-refractivity contribution is 5.73. The molecule has 0 amide bonds. The smallest absolute Gasteiger partial charge is 0.320 e. The van der Waals surface area contributed by atoms with Crippen LogP contribution in [0.15, 0.2) is 12.2 Å². The summed E-state index contributed by atoms with van der Waals surface area (Å²) in [4.78, 5) is 10.7. The Hall–Kier alpha value is -0.830. The van der Waals surface area contributed by atoms with E-state index in [1.165, 1.54) is 32.1 Å². The van der Waals surface area contributed by atoms with Crippen molar-refractivity contribution in [2.45, 2.75) is 44.6 Å². The van der Waals surface area contributed by atoms with Crippen molar-refractivity contribution < 1.29 is 9.90 Å². The fourth-order valence-corrected chi connectivity index (χ4v) is 4.76. The Morgan fingerprint density at radius 3 is 2.22 bits per heavy atom. The molecule has 0 radical (unpaired) electrons. The molecule has 18 heavy (non-hydrogen) atoms. The van der Waals surface area contributed by atoms with E-state index in [1.807, 2.05) is 6.08 Å². The lowest BCUT2D eigenvalue weighted by molar-refractivity contribution is -0.138. The monoisotopic (exact) mass is 249 g/mol. The van der Waals surface area contributed by atoms with Gasteiger partial charge in [-0.15, -0.1) is 0 Å². The molecule has 3 nitrogen and oxygen atoms in total. The maximum atomic E-state index is 10.7. The first-order chi connectivity index (χ1) is 8.63. The molecule has 4 aliphatic rings. The number of carbonyl (C=O) groups is 1. The molecular formula is C15H23NO2. The van der Waals surface area contributed by atoms with Gasteiger partial charge in [-0.25, -0.2) is 0 Å². The van der Waals surface area contributed by atoms with Crippen molar-refractivity contribution in [3.8, 4) is 0 Å². The van der Waals surface area contributed by atoms with E-state index in [1.54, 1.807) is 0 Å². The molecule has 4 saturated carbocycles. The molecule has 0 aromatic rings. The highest BCUT2D eigenvalue weighted by Gasteiger charge is 2.46. The lowest BCUT2D eigenvalue weighted by Crippen LogP contribution is -2.44. The van der Waals surface area contributed by atoms with E-state index in [0.717, 1.165) is 23.7 Å². The van der Waals surface area contributed by atoms with Gasteiger partial charge in [0.2, 0.25) is 0 Å². The van der Waals surface area contributed by atoms with Gasteiger partial charge in [0.05, 0.1) is 0 Å². The van der Waals surface area contributed by atoms with Crippen LogP contribution in [0.1, 0.15) is 38.5 Å². The van der Waals surface area contributed by atoms with Gasteiger partial charge < -0.3 is 10.8 Å². The molecule has 4 fully saturated rings. The average molecular weight is 249 g/mol. The topological polar surface area (TPSA) is 63.3 Å². The number of carboxylic acids is 1. The Morgan fingerprint density at radius 2 is 1.72 bits per heavy atom. The van der Waals surface area contributed by atoms with Gasteiger partial charge in [0.1, 0.15) is 6.04 Å². The third kappa shape index (κ3) is 2.20. The first kappa shape index (κ1) is 12.2. The van der Waals surface area contributed by atoms with Crippen molar-refractivity contribution in [2.24, 2.45) is 35.3 Å². The minimum Gasteiger partial charge on any atom is -0.480 e.